The maximum atomic E-state index is 6.03. The molecule has 19 heavy (non-hydrogen) atoms. The zero-order chi connectivity index (χ0) is 13.8. The summed E-state index contributed by atoms with van der Waals surface area (Å²) in [6, 6.07) is 14.4. The van der Waals surface area contributed by atoms with Crippen LogP contribution in [0.25, 0.3) is 0 Å². The van der Waals surface area contributed by atoms with Crippen LogP contribution >= 0.6 is 15.9 Å². The number of aryl methyl sites for hydroxylation is 1. The van der Waals surface area contributed by atoms with Crippen LogP contribution in [0.2, 0.25) is 0 Å². The van der Waals surface area contributed by atoms with E-state index in [4.69, 9.17) is 4.74 Å². The SMILES string of the molecule is CNC(C)c1ccccc1Oc1ccc(C)cc1Br. The van der Waals surface area contributed by atoms with Crippen LogP contribution in [0, 0.1) is 6.92 Å². The monoisotopic (exact) mass is 319 g/mol. The fourth-order valence-corrected chi connectivity index (χ4v) is 2.47. The third-order valence-electron chi connectivity index (χ3n) is 3.13. The summed E-state index contributed by atoms with van der Waals surface area (Å²) >= 11 is 3.54. The standard InChI is InChI=1S/C16H18BrNO/c1-11-8-9-16(14(17)10-11)19-15-7-5-4-6-13(15)12(2)18-3/h4-10,12,18H,1-3H3. The lowest BCUT2D eigenvalue weighted by Gasteiger charge is -2.17. The van der Waals surface area contributed by atoms with Crippen molar-refractivity contribution >= 4 is 15.9 Å². The molecule has 3 heteroatoms. The second-order valence-electron chi connectivity index (χ2n) is 4.58. The lowest BCUT2D eigenvalue weighted by molar-refractivity contribution is 0.463. The van der Waals surface area contributed by atoms with Gasteiger partial charge in [0.2, 0.25) is 0 Å². The zero-order valence-electron chi connectivity index (χ0n) is 11.4. The van der Waals surface area contributed by atoms with E-state index in [1.54, 1.807) is 0 Å². The van der Waals surface area contributed by atoms with Crippen LogP contribution in [0.4, 0.5) is 0 Å². The van der Waals surface area contributed by atoms with Crippen molar-refractivity contribution in [2.24, 2.45) is 0 Å². The van der Waals surface area contributed by atoms with E-state index < -0.39 is 0 Å². The molecule has 2 nitrogen and oxygen atoms in total. The van der Waals surface area contributed by atoms with Crippen molar-refractivity contribution in [2.45, 2.75) is 19.9 Å². The third-order valence-corrected chi connectivity index (χ3v) is 3.75. The van der Waals surface area contributed by atoms with Crippen LogP contribution in [-0.2, 0) is 0 Å². The summed E-state index contributed by atoms with van der Waals surface area (Å²) in [5, 5.41) is 3.24. The minimum absolute atomic E-state index is 0.250. The molecule has 2 aromatic carbocycles. The van der Waals surface area contributed by atoms with Gasteiger partial charge in [0.25, 0.3) is 0 Å². The van der Waals surface area contributed by atoms with E-state index in [9.17, 15) is 0 Å². The van der Waals surface area contributed by atoms with Crippen LogP contribution in [0.3, 0.4) is 0 Å². The molecule has 0 saturated heterocycles. The summed E-state index contributed by atoms with van der Waals surface area (Å²) in [6.07, 6.45) is 0. The molecule has 1 N–H and O–H groups in total. The number of rotatable bonds is 4. The second kappa shape index (κ2) is 6.22. The molecule has 1 atom stereocenters. The Morgan fingerprint density at radius 1 is 1.11 bits per heavy atom. The molecule has 0 fully saturated rings. The van der Waals surface area contributed by atoms with Gasteiger partial charge in [-0.25, -0.2) is 0 Å². The lowest BCUT2D eigenvalue weighted by Crippen LogP contribution is -2.13. The Bertz CT molecular complexity index is 568. The minimum Gasteiger partial charge on any atom is -0.456 e. The molecule has 0 amide bonds. The highest BCUT2D eigenvalue weighted by atomic mass is 79.9. The number of hydrogen-bond acceptors (Lipinski definition) is 2. The molecule has 1 unspecified atom stereocenters. The molecule has 0 aliphatic heterocycles. The Hall–Kier alpha value is -1.32. The second-order valence-corrected chi connectivity index (χ2v) is 5.44. The molecule has 100 valence electrons. The highest BCUT2D eigenvalue weighted by molar-refractivity contribution is 9.10. The number of para-hydroxylation sites is 1. The van der Waals surface area contributed by atoms with Crippen molar-refractivity contribution in [2.75, 3.05) is 7.05 Å². The van der Waals surface area contributed by atoms with Crippen LogP contribution in [-0.4, -0.2) is 7.05 Å². The first kappa shape index (κ1) is 14.1. The van der Waals surface area contributed by atoms with Gasteiger partial charge in [-0.1, -0.05) is 24.3 Å². The average molecular weight is 320 g/mol. The van der Waals surface area contributed by atoms with Gasteiger partial charge in [-0.3, -0.25) is 0 Å². The van der Waals surface area contributed by atoms with Gasteiger partial charge in [-0.2, -0.15) is 0 Å². The van der Waals surface area contributed by atoms with E-state index in [1.165, 1.54) is 5.56 Å². The molecule has 0 heterocycles. The van der Waals surface area contributed by atoms with E-state index >= 15 is 0 Å². The van der Waals surface area contributed by atoms with Gasteiger partial charge in [0.15, 0.2) is 0 Å². The molecule has 2 aromatic rings. The maximum absolute atomic E-state index is 6.03. The molecule has 2 rings (SSSR count). The Morgan fingerprint density at radius 3 is 2.53 bits per heavy atom. The van der Waals surface area contributed by atoms with Crippen molar-refractivity contribution < 1.29 is 4.74 Å². The topological polar surface area (TPSA) is 21.3 Å². The Labute approximate surface area is 122 Å². The normalized spacial score (nSPS) is 12.2. The highest BCUT2D eigenvalue weighted by Gasteiger charge is 2.11. The molecule has 0 aromatic heterocycles. The van der Waals surface area contributed by atoms with Crippen molar-refractivity contribution in [3.05, 3.63) is 58.1 Å². The molecular weight excluding hydrogens is 302 g/mol. The predicted molar refractivity (Wildman–Crippen MR) is 82.9 cm³/mol. The first-order chi connectivity index (χ1) is 9.11. The van der Waals surface area contributed by atoms with E-state index in [0.717, 1.165) is 21.5 Å². The van der Waals surface area contributed by atoms with E-state index in [1.807, 2.05) is 37.4 Å². The van der Waals surface area contributed by atoms with Gasteiger partial charge in [0.1, 0.15) is 11.5 Å². The number of hydrogen-bond donors (Lipinski definition) is 1. The number of nitrogens with one attached hydrogen (secondary N) is 1. The number of halogens is 1. The number of ether oxygens (including phenoxy) is 1. The fourth-order valence-electron chi connectivity index (χ4n) is 1.89. The van der Waals surface area contributed by atoms with E-state index in [0.29, 0.717) is 0 Å². The van der Waals surface area contributed by atoms with Gasteiger partial charge in [-0.05, 0) is 60.6 Å². The molecule has 0 spiro atoms. The van der Waals surface area contributed by atoms with Crippen LogP contribution in [0.1, 0.15) is 24.1 Å². The Morgan fingerprint density at radius 2 is 1.84 bits per heavy atom. The maximum Gasteiger partial charge on any atom is 0.141 e. The summed E-state index contributed by atoms with van der Waals surface area (Å²) in [6.45, 7) is 4.18. The molecule has 0 saturated carbocycles. The van der Waals surface area contributed by atoms with Gasteiger partial charge in [0, 0.05) is 11.6 Å². The summed E-state index contributed by atoms with van der Waals surface area (Å²) in [5.41, 5.74) is 2.36. The van der Waals surface area contributed by atoms with Crippen LogP contribution in [0.15, 0.2) is 46.9 Å². The lowest BCUT2D eigenvalue weighted by atomic mass is 10.1. The summed E-state index contributed by atoms with van der Waals surface area (Å²) < 4.78 is 7.00. The Balaban J connectivity index is 2.33. The van der Waals surface area contributed by atoms with Crippen molar-refractivity contribution in [1.29, 1.82) is 0 Å². The molecular formula is C16H18BrNO. The molecule has 0 aliphatic rings. The van der Waals surface area contributed by atoms with Crippen LogP contribution < -0.4 is 10.1 Å². The van der Waals surface area contributed by atoms with Gasteiger partial charge in [0.05, 0.1) is 4.47 Å². The van der Waals surface area contributed by atoms with E-state index in [2.05, 4.69) is 47.2 Å². The average Bonchev–Trinajstić information content (AvgIpc) is 2.41. The van der Waals surface area contributed by atoms with Gasteiger partial charge >= 0.3 is 0 Å². The van der Waals surface area contributed by atoms with Gasteiger partial charge < -0.3 is 10.1 Å². The fraction of sp³-hybridized carbons (Fsp3) is 0.250. The summed E-state index contributed by atoms with van der Waals surface area (Å²) in [4.78, 5) is 0. The molecule has 0 bridgehead atoms. The first-order valence-electron chi connectivity index (χ1n) is 6.32. The van der Waals surface area contributed by atoms with Gasteiger partial charge in [-0.15, -0.1) is 0 Å². The van der Waals surface area contributed by atoms with Crippen molar-refractivity contribution in [3.8, 4) is 11.5 Å². The van der Waals surface area contributed by atoms with Crippen molar-refractivity contribution in [3.63, 3.8) is 0 Å². The summed E-state index contributed by atoms with van der Waals surface area (Å²) in [7, 11) is 1.95. The predicted octanol–water partition coefficient (Wildman–Crippen LogP) is 4.83. The largest absolute Gasteiger partial charge is 0.456 e. The van der Waals surface area contributed by atoms with E-state index in [-0.39, 0.29) is 6.04 Å². The smallest absolute Gasteiger partial charge is 0.141 e. The quantitative estimate of drug-likeness (QED) is 0.871. The third kappa shape index (κ3) is 3.37. The minimum atomic E-state index is 0.250. The molecule has 0 radical (unpaired) electrons. The summed E-state index contributed by atoms with van der Waals surface area (Å²) in [5.74, 6) is 1.72. The first-order valence-corrected chi connectivity index (χ1v) is 7.11. The highest BCUT2D eigenvalue weighted by Crippen LogP contribution is 2.33. The van der Waals surface area contributed by atoms with Crippen LogP contribution in [0.5, 0.6) is 11.5 Å². The Kier molecular flexibility index (Phi) is 4.61. The zero-order valence-corrected chi connectivity index (χ0v) is 13.0. The number of benzene rings is 2. The molecule has 0 aliphatic carbocycles. The van der Waals surface area contributed by atoms with Crippen molar-refractivity contribution in [1.82, 2.24) is 5.32 Å².